The van der Waals surface area contributed by atoms with Gasteiger partial charge in [0, 0.05) is 12.1 Å². The van der Waals surface area contributed by atoms with Gasteiger partial charge in [0.1, 0.15) is 12.4 Å². The minimum Gasteiger partial charge on any atom is -0.484 e. The zero-order valence-electron chi connectivity index (χ0n) is 8.50. The standard InChI is InChI=1S/C10H8F3NO3/c11-5-1-7(12)9(8(13)2-5)16-4-6-3-14-10(15)17-6/h1-2,6H,3-4H2,(H,14,15). The van der Waals surface area contributed by atoms with Gasteiger partial charge >= 0.3 is 6.09 Å². The van der Waals surface area contributed by atoms with Crippen LogP contribution in [0, 0.1) is 17.5 Å². The molecule has 1 unspecified atom stereocenters. The van der Waals surface area contributed by atoms with Gasteiger partial charge in [0.25, 0.3) is 0 Å². The smallest absolute Gasteiger partial charge is 0.407 e. The molecule has 0 saturated carbocycles. The van der Waals surface area contributed by atoms with Crippen LogP contribution in [-0.4, -0.2) is 25.3 Å². The van der Waals surface area contributed by atoms with Crippen LogP contribution in [0.3, 0.4) is 0 Å². The van der Waals surface area contributed by atoms with Crippen molar-refractivity contribution in [2.24, 2.45) is 0 Å². The highest BCUT2D eigenvalue weighted by Gasteiger charge is 2.24. The zero-order valence-corrected chi connectivity index (χ0v) is 8.50. The summed E-state index contributed by atoms with van der Waals surface area (Å²) in [6.07, 6.45) is -1.23. The second-order valence-electron chi connectivity index (χ2n) is 3.42. The Bertz CT molecular complexity index is 429. The predicted octanol–water partition coefficient (Wildman–Crippen LogP) is 1.59. The van der Waals surface area contributed by atoms with E-state index in [0.717, 1.165) is 0 Å². The van der Waals surface area contributed by atoms with E-state index in [1.165, 1.54) is 0 Å². The van der Waals surface area contributed by atoms with E-state index in [1.807, 2.05) is 0 Å². The normalized spacial score (nSPS) is 18.8. The third kappa shape index (κ3) is 2.61. The molecule has 0 bridgehead atoms. The number of hydrogen-bond donors (Lipinski definition) is 1. The Kier molecular flexibility index (Phi) is 3.08. The fourth-order valence-corrected chi connectivity index (χ4v) is 1.37. The molecule has 17 heavy (non-hydrogen) atoms. The Hall–Kier alpha value is -1.92. The number of nitrogens with one attached hydrogen (secondary N) is 1. The van der Waals surface area contributed by atoms with Crippen LogP contribution in [0.1, 0.15) is 0 Å². The SMILES string of the molecule is O=C1NCC(COc2c(F)cc(F)cc2F)O1. The number of benzene rings is 1. The molecular formula is C10H8F3NO3. The van der Waals surface area contributed by atoms with E-state index >= 15 is 0 Å². The first-order valence-electron chi connectivity index (χ1n) is 4.78. The minimum absolute atomic E-state index is 0.198. The molecule has 92 valence electrons. The number of ether oxygens (including phenoxy) is 2. The van der Waals surface area contributed by atoms with Gasteiger partial charge in [-0.3, -0.25) is 0 Å². The van der Waals surface area contributed by atoms with Crippen LogP contribution in [0.4, 0.5) is 18.0 Å². The van der Waals surface area contributed by atoms with Crippen molar-refractivity contribution in [1.82, 2.24) is 5.32 Å². The van der Waals surface area contributed by atoms with E-state index in [1.54, 1.807) is 0 Å². The first kappa shape index (κ1) is 11.6. The molecule has 1 atom stereocenters. The van der Waals surface area contributed by atoms with Crippen LogP contribution in [0.25, 0.3) is 0 Å². The molecule has 1 N–H and O–H groups in total. The van der Waals surface area contributed by atoms with Crippen molar-refractivity contribution in [2.75, 3.05) is 13.2 Å². The summed E-state index contributed by atoms with van der Waals surface area (Å²) >= 11 is 0. The maximum atomic E-state index is 13.1. The molecule has 1 aliphatic rings. The number of amides is 1. The molecular weight excluding hydrogens is 239 g/mol. The molecule has 0 spiro atoms. The fraction of sp³-hybridized carbons (Fsp3) is 0.300. The molecule has 2 rings (SSSR count). The van der Waals surface area contributed by atoms with Gasteiger partial charge in [-0.25, -0.2) is 18.0 Å². The monoisotopic (exact) mass is 247 g/mol. The van der Waals surface area contributed by atoms with Crippen LogP contribution in [-0.2, 0) is 4.74 Å². The Morgan fingerprint density at radius 1 is 1.35 bits per heavy atom. The van der Waals surface area contributed by atoms with Gasteiger partial charge < -0.3 is 14.8 Å². The quantitative estimate of drug-likeness (QED) is 0.882. The molecule has 0 aliphatic carbocycles. The van der Waals surface area contributed by atoms with E-state index in [9.17, 15) is 18.0 Å². The molecule has 1 amide bonds. The lowest BCUT2D eigenvalue weighted by Gasteiger charge is -2.11. The van der Waals surface area contributed by atoms with Crippen molar-refractivity contribution in [2.45, 2.75) is 6.10 Å². The molecule has 4 nitrogen and oxygen atoms in total. The molecule has 0 radical (unpaired) electrons. The van der Waals surface area contributed by atoms with E-state index in [-0.39, 0.29) is 13.2 Å². The lowest BCUT2D eigenvalue weighted by Crippen LogP contribution is -2.22. The van der Waals surface area contributed by atoms with Gasteiger partial charge in [-0.15, -0.1) is 0 Å². The van der Waals surface area contributed by atoms with Gasteiger partial charge in [0.2, 0.25) is 0 Å². The number of carbonyl (C=O) groups is 1. The Balaban J connectivity index is 2.01. The van der Waals surface area contributed by atoms with Crippen LogP contribution < -0.4 is 10.1 Å². The Morgan fingerprint density at radius 3 is 2.53 bits per heavy atom. The number of hydrogen-bond acceptors (Lipinski definition) is 3. The lowest BCUT2D eigenvalue weighted by atomic mass is 10.3. The van der Waals surface area contributed by atoms with Crippen molar-refractivity contribution in [3.8, 4) is 5.75 Å². The average Bonchev–Trinajstić information content (AvgIpc) is 2.62. The number of cyclic esters (lactones) is 1. The van der Waals surface area contributed by atoms with Crippen LogP contribution in [0.2, 0.25) is 0 Å². The summed E-state index contributed by atoms with van der Waals surface area (Å²) in [6, 6.07) is 1.02. The zero-order chi connectivity index (χ0) is 12.4. The maximum Gasteiger partial charge on any atom is 0.407 e. The van der Waals surface area contributed by atoms with Crippen LogP contribution in [0.5, 0.6) is 5.75 Å². The lowest BCUT2D eigenvalue weighted by molar-refractivity contribution is 0.101. The van der Waals surface area contributed by atoms with E-state index in [2.05, 4.69) is 5.32 Å². The van der Waals surface area contributed by atoms with Gasteiger partial charge in [-0.1, -0.05) is 0 Å². The number of halogens is 3. The number of rotatable bonds is 3. The van der Waals surface area contributed by atoms with E-state index in [0.29, 0.717) is 12.1 Å². The van der Waals surface area contributed by atoms with Crippen molar-refractivity contribution in [3.63, 3.8) is 0 Å². The highest BCUT2D eigenvalue weighted by molar-refractivity contribution is 5.69. The molecule has 1 saturated heterocycles. The molecule has 1 fully saturated rings. The molecule has 1 aromatic rings. The molecule has 1 aliphatic heterocycles. The van der Waals surface area contributed by atoms with Gasteiger partial charge in [-0.05, 0) is 0 Å². The minimum atomic E-state index is -1.14. The topological polar surface area (TPSA) is 47.6 Å². The van der Waals surface area contributed by atoms with Crippen LogP contribution in [0.15, 0.2) is 12.1 Å². The maximum absolute atomic E-state index is 13.1. The van der Waals surface area contributed by atoms with Gasteiger partial charge in [0.15, 0.2) is 23.5 Å². The summed E-state index contributed by atoms with van der Waals surface area (Å²) in [4.78, 5) is 10.7. The predicted molar refractivity (Wildman–Crippen MR) is 50.1 cm³/mol. The largest absolute Gasteiger partial charge is 0.484 e. The molecule has 1 aromatic carbocycles. The van der Waals surface area contributed by atoms with Gasteiger partial charge in [0.05, 0.1) is 6.54 Å². The third-order valence-electron chi connectivity index (χ3n) is 2.12. The highest BCUT2D eigenvalue weighted by Crippen LogP contribution is 2.23. The van der Waals surface area contributed by atoms with Crippen LogP contribution >= 0.6 is 0 Å². The first-order valence-corrected chi connectivity index (χ1v) is 4.78. The summed E-state index contributed by atoms with van der Waals surface area (Å²) in [6.45, 7) is -0.0124. The van der Waals surface area contributed by atoms with Crippen molar-refractivity contribution in [3.05, 3.63) is 29.6 Å². The fourth-order valence-electron chi connectivity index (χ4n) is 1.37. The van der Waals surface area contributed by atoms with Crippen molar-refractivity contribution >= 4 is 6.09 Å². The summed E-state index contributed by atoms with van der Waals surface area (Å²) in [5.41, 5.74) is 0. The highest BCUT2D eigenvalue weighted by atomic mass is 19.1. The van der Waals surface area contributed by atoms with Crippen molar-refractivity contribution in [1.29, 1.82) is 0 Å². The number of carbonyl (C=O) groups excluding carboxylic acids is 1. The van der Waals surface area contributed by atoms with E-state index < -0.39 is 35.4 Å². The summed E-state index contributed by atoms with van der Waals surface area (Å²) in [5.74, 6) is -3.99. The van der Waals surface area contributed by atoms with Gasteiger partial charge in [-0.2, -0.15) is 0 Å². The number of alkyl carbamates (subject to hydrolysis) is 1. The Labute approximate surface area is 94.3 Å². The average molecular weight is 247 g/mol. The molecule has 7 heteroatoms. The van der Waals surface area contributed by atoms with E-state index in [4.69, 9.17) is 9.47 Å². The van der Waals surface area contributed by atoms with Crippen molar-refractivity contribution < 1.29 is 27.4 Å². The second kappa shape index (κ2) is 4.52. The summed E-state index contributed by atoms with van der Waals surface area (Å²) in [5, 5.41) is 2.36. The second-order valence-corrected chi connectivity index (χ2v) is 3.42. The Morgan fingerprint density at radius 2 is 2.00 bits per heavy atom. The summed E-state index contributed by atoms with van der Waals surface area (Å²) < 4.78 is 48.4. The molecule has 1 heterocycles. The first-order chi connectivity index (χ1) is 8.06. The molecule has 0 aromatic heterocycles. The third-order valence-corrected chi connectivity index (χ3v) is 2.12. The summed E-state index contributed by atoms with van der Waals surface area (Å²) in [7, 11) is 0.